The molecule has 2 rings (SSSR count). The first-order chi connectivity index (χ1) is 12.6. The van der Waals surface area contributed by atoms with Crippen LogP contribution < -0.4 is 25.0 Å². The summed E-state index contributed by atoms with van der Waals surface area (Å²) in [5.74, 6) is 1.62. The minimum absolute atomic E-state index is 0.271. The Hall–Kier alpha value is -3.22. The number of carbonyl (C=O) groups is 1. The quantitative estimate of drug-likeness (QED) is 0.561. The molecule has 0 unspecified atom stereocenters. The van der Waals surface area contributed by atoms with E-state index in [2.05, 4.69) is 15.8 Å². The van der Waals surface area contributed by atoms with Crippen LogP contribution in [0.5, 0.6) is 17.2 Å². The highest BCUT2D eigenvalue weighted by Gasteiger charge is 2.13. The average molecular weight is 357 g/mol. The van der Waals surface area contributed by atoms with Crippen LogP contribution >= 0.6 is 0 Å². The van der Waals surface area contributed by atoms with Crippen LogP contribution in [0.4, 0.5) is 5.69 Å². The van der Waals surface area contributed by atoms with Gasteiger partial charge < -0.3 is 19.5 Å². The van der Waals surface area contributed by atoms with E-state index in [1.807, 2.05) is 30.3 Å². The zero-order valence-electron chi connectivity index (χ0n) is 15.3. The molecule has 0 aliphatic rings. The van der Waals surface area contributed by atoms with E-state index in [1.165, 1.54) is 6.21 Å². The van der Waals surface area contributed by atoms with E-state index in [0.29, 0.717) is 17.2 Å². The maximum absolute atomic E-state index is 12.2. The monoisotopic (exact) mass is 357 g/mol. The van der Waals surface area contributed by atoms with Gasteiger partial charge in [0, 0.05) is 0 Å². The molecule has 0 bridgehead atoms. The van der Waals surface area contributed by atoms with Gasteiger partial charge in [-0.05, 0) is 42.8 Å². The van der Waals surface area contributed by atoms with Gasteiger partial charge in [-0.3, -0.25) is 4.79 Å². The fraction of sp³-hybridized carbons (Fsp3) is 0.263. The van der Waals surface area contributed by atoms with Gasteiger partial charge >= 0.3 is 0 Å². The largest absolute Gasteiger partial charge is 0.495 e. The molecular weight excluding hydrogens is 334 g/mol. The molecule has 2 N–H and O–H groups in total. The number of methoxy groups -OCH3 is 3. The zero-order chi connectivity index (χ0) is 18.9. The van der Waals surface area contributed by atoms with Crippen LogP contribution in [0.15, 0.2) is 47.6 Å². The Balaban J connectivity index is 1.96. The predicted molar refractivity (Wildman–Crippen MR) is 101 cm³/mol. The highest BCUT2D eigenvalue weighted by Crippen LogP contribution is 2.27. The molecular formula is C19H23N3O4. The third-order valence-corrected chi connectivity index (χ3v) is 3.67. The van der Waals surface area contributed by atoms with E-state index < -0.39 is 6.04 Å². The molecule has 0 heterocycles. The van der Waals surface area contributed by atoms with Crippen molar-refractivity contribution in [2.45, 2.75) is 13.0 Å². The van der Waals surface area contributed by atoms with Gasteiger partial charge in [-0.1, -0.05) is 12.1 Å². The number of ether oxygens (including phenoxy) is 3. The van der Waals surface area contributed by atoms with Gasteiger partial charge in [-0.25, -0.2) is 5.43 Å². The van der Waals surface area contributed by atoms with Crippen LogP contribution in [0.1, 0.15) is 12.5 Å². The maximum Gasteiger partial charge on any atom is 0.262 e. The Kier molecular flexibility index (Phi) is 6.84. The summed E-state index contributed by atoms with van der Waals surface area (Å²) in [4.78, 5) is 12.2. The van der Waals surface area contributed by atoms with Crippen LogP contribution in [-0.2, 0) is 4.79 Å². The highest BCUT2D eigenvalue weighted by molar-refractivity contribution is 5.87. The van der Waals surface area contributed by atoms with Crippen molar-refractivity contribution in [3.8, 4) is 17.2 Å². The van der Waals surface area contributed by atoms with Crippen LogP contribution in [-0.4, -0.2) is 39.5 Å². The Morgan fingerprint density at radius 3 is 2.38 bits per heavy atom. The van der Waals surface area contributed by atoms with Gasteiger partial charge in [0.2, 0.25) is 0 Å². The molecule has 0 aromatic heterocycles. The Labute approximate surface area is 153 Å². The molecule has 26 heavy (non-hydrogen) atoms. The Bertz CT molecular complexity index is 777. The Morgan fingerprint density at radius 1 is 1.00 bits per heavy atom. The molecule has 0 fully saturated rings. The zero-order valence-corrected chi connectivity index (χ0v) is 15.3. The topological polar surface area (TPSA) is 81.2 Å². The smallest absolute Gasteiger partial charge is 0.262 e. The lowest BCUT2D eigenvalue weighted by Gasteiger charge is -2.15. The summed E-state index contributed by atoms with van der Waals surface area (Å²) in [7, 11) is 4.71. The first kappa shape index (κ1) is 19.1. The number of nitrogens with one attached hydrogen (secondary N) is 2. The minimum Gasteiger partial charge on any atom is -0.495 e. The van der Waals surface area contributed by atoms with Crippen LogP contribution in [0.2, 0.25) is 0 Å². The molecule has 138 valence electrons. The van der Waals surface area contributed by atoms with E-state index in [4.69, 9.17) is 14.2 Å². The molecule has 2 aromatic rings. The molecule has 0 spiro atoms. The molecule has 2 aromatic carbocycles. The van der Waals surface area contributed by atoms with E-state index >= 15 is 0 Å². The summed E-state index contributed by atoms with van der Waals surface area (Å²) in [6.07, 6.45) is 1.54. The number of para-hydroxylation sites is 2. The summed E-state index contributed by atoms with van der Waals surface area (Å²) in [6.45, 7) is 1.74. The molecule has 0 aliphatic heterocycles. The lowest BCUT2D eigenvalue weighted by atomic mass is 10.2. The fourth-order valence-corrected chi connectivity index (χ4v) is 2.26. The van der Waals surface area contributed by atoms with Crippen molar-refractivity contribution in [2.24, 2.45) is 5.10 Å². The summed E-state index contributed by atoms with van der Waals surface area (Å²) >= 11 is 0. The molecule has 1 amide bonds. The second kappa shape index (κ2) is 9.31. The number of carbonyl (C=O) groups excluding carboxylic acids is 1. The van der Waals surface area contributed by atoms with Crippen LogP contribution in [0.3, 0.4) is 0 Å². The van der Waals surface area contributed by atoms with E-state index in [9.17, 15) is 4.79 Å². The normalized spacial score (nSPS) is 11.7. The van der Waals surface area contributed by atoms with Crippen molar-refractivity contribution in [1.82, 2.24) is 5.43 Å². The van der Waals surface area contributed by atoms with Gasteiger partial charge in [-0.2, -0.15) is 5.10 Å². The lowest BCUT2D eigenvalue weighted by molar-refractivity contribution is -0.121. The highest BCUT2D eigenvalue weighted by atomic mass is 16.5. The van der Waals surface area contributed by atoms with Crippen molar-refractivity contribution in [2.75, 3.05) is 26.6 Å². The van der Waals surface area contributed by atoms with Gasteiger partial charge in [-0.15, -0.1) is 0 Å². The molecule has 7 nitrogen and oxygen atoms in total. The second-order valence-electron chi connectivity index (χ2n) is 5.41. The van der Waals surface area contributed by atoms with Crippen molar-refractivity contribution < 1.29 is 19.0 Å². The van der Waals surface area contributed by atoms with E-state index in [0.717, 1.165) is 11.3 Å². The molecule has 0 saturated carbocycles. The van der Waals surface area contributed by atoms with Crippen molar-refractivity contribution in [3.05, 3.63) is 48.0 Å². The molecule has 0 saturated heterocycles. The predicted octanol–water partition coefficient (Wildman–Crippen LogP) is 2.66. The number of hydrazone groups is 1. The first-order valence-electron chi connectivity index (χ1n) is 8.03. The van der Waals surface area contributed by atoms with Crippen molar-refractivity contribution in [1.29, 1.82) is 0 Å². The number of anilines is 1. The third kappa shape index (κ3) is 4.89. The number of hydrogen-bond donors (Lipinski definition) is 2. The molecule has 1 atom stereocenters. The lowest BCUT2D eigenvalue weighted by Crippen LogP contribution is -2.35. The third-order valence-electron chi connectivity index (χ3n) is 3.67. The molecule has 0 aliphatic carbocycles. The van der Waals surface area contributed by atoms with E-state index in [-0.39, 0.29) is 5.91 Å². The molecule has 7 heteroatoms. The molecule has 0 radical (unpaired) electrons. The fourth-order valence-electron chi connectivity index (χ4n) is 2.26. The van der Waals surface area contributed by atoms with Crippen LogP contribution in [0, 0.1) is 0 Å². The van der Waals surface area contributed by atoms with Gasteiger partial charge in [0.25, 0.3) is 5.91 Å². The minimum atomic E-state index is -0.492. The number of benzene rings is 2. The second-order valence-corrected chi connectivity index (χ2v) is 5.41. The number of rotatable bonds is 8. The van der Waals surface area contributed by atoms with Gasteiger partial charge in [0.1, 0.15) is 11.8 Å². The van der Waals surface area contributed by atoms with E-state index in [1.54, 1.807) is 40.4 Å². The van der Waals surface area contributed by atoms with Gasteiger partial charge in [0.15, 0.2) is 11.5 Å². The maximum atomic E-state index is 12.2. The summed E-state index contributed by atoms with van der Waals surface area (Å²) in [6, 6.07) is 12.3. The number of nitrogens with zero attached hydrogens (tertiary/aromatic N) is 1. The van der Waals surface area contributed by atoms with Gasteiger partial charge in [0.05, 0.1) is 33.2 Å². The standard InChI is InChI=1S/C19H23N3O4/c1-13(21-15-7-5-6-8-16(15)24-2)19(23)22-20-12-14-9-10-17(25-3)18(11-14)26-4/h5-13,21H,1-4H3,(H,22,23)/b20-12-/t13-/m0/s1. The summed E-state index contributed by atoms with van der Waals surface area (Å²) in [5.41, 5.74) is 4.02. The Morgan fingerprint density at radius 2 is 1.69 bits per heavy atom. The van der Waals surface area contributed by atoms with Crippen molar-refractivity contribution in [3.63, 3.8) is 0 Å². The first-order valence-corrected chi connectivity index (χ1v) is 8.03. The number of hydrogen-bond acceptors (Lipinski definition) is 6. The summed E-state index contributed by atoms with van der Waals surface area (Å²) < 4.78 is 15.7. The van der Waals surface area contributed by atoms with Crippen LogP contribution in [0.25, 0.3) is 0 Å². The summed E-state index contributed by atoms with van der Waals surface area (Å²) in [5, 5.41) is 7.08. The number of amides is 1. The average Bonchev–Trinajstić information content (AvgIpc) is 2.68. The van der Waals surface area contributed by atoms with Crippen molar-refractivity contribution >= 4 is 17.8 Å². The SMILES string of the molecule is COc1ccccc1N[C@@H](C)C(=O)N/N=C\c1ccc(OC)c(OC)c1.